The van der Waals surface area contributed by atoms with E-state index in [1.165, 1.54) is 37.3 Å². The van der Waals surface area contributed by atoms with E-state index in [0.717, 1.165) is 0 Å². The number of hydrogen-bond donors (Lipinski definition) is 0. The molecular weight excluding hydrogens is 372 g/mol. The summed E-state index contributed by atoms with van der Waals surface area (Å²) in [4.78, 5) is 25.3. The molecule has 0 aliphatic rings. The van der Waals surface area contributed by atoms with Crippen LogP contribution in [0.2, 0.25) is 0 Å². The molecule has 6 heteroatoms. The monoisotopic (exact) mass is 398 g/mol. The van der Waals surface area contributed by atoms with Crippen molar-refractivity contribution in [3.63, 3.8) is 0 Å². The summed E-state index contributed by atoms with van der Waals surface area (Å²) in [6, 6.07) is 16.8. The maximum atomic E-state index is 12.7. The lowest BCUT2D eigenvalue weighted by Gasteiger charge is -2.18. The molecule has 29 heavy (non-hydrogen) atoms. The summed E-state index contributed by atoms with van der Waals surface area (Å²) in [5.41, 5.74) is 0.398. The van der Waals surface area contributed by atoms with Crippen LogP contribution in [0, 0.1) is 6.92 Å². The van der Waals surface area contributed by atoms with Crippen molar-refractivity contribution in [2.24, 2.45) is 0 Å². The Labute approximate surface area is 177 Å². The molecule has 0 N–H and O–H groups in total. The van der Waals surface area contributed by atoms with Gasteiger partial charge in [-0.15, -0.1) is 0 Å². The average Bonchev–Trinajstić information content (AvgIpc) is 2.78. The number of methoxy groups -OCH3 is 2. The van der Waals surface area contributed by atoms with Crippen LogP contribution in [0.25, 0.3) is 0 Å². The summed E-state index contributed by atoms with van der Waals surface area (Å²) in [7, 11) is -6.20. The number of esters is 2. The van der Waals surface area contributed by atoms with Gasteiger partial charge in [0.05, 0.1) is 33.4 Å². The van der Waals surface area contributed by atoms with Crippen molar-refractivity contribution < 1.29 is 36.8 Å². The molecule has 3 rings (SSSR count). The van der Waals surface area contributed by atoms with Crippen molar-refractivity contribution in [3.05, 3.63) is 83.4 Å². The van der Waals surface area contributed by atoms with E-state index < -0.39 is 49.0 Å². The van der Waals surface area contributed by atoms with Gasteiger partial charge in [0.15, 0.2) is 11.5 Å². The number of carbonyl (C=O) groups is 2. The number of hydrogen-bond acceptors (Lipinski definition) is 6. The van der Waals surface area contributed by atoms with E-state index in [9.17, 15) is 9.59 Å². The zero-order chi connectivity index (χ0) is 25.8. The van der Waals surface area contributed by atoms with Crippen LogP contribution < -0.4 is 18.9 Å². The molecule has 0 amide bonds. The van der Waals surface area contributed by atoms with Gasteiger partial charge in [-0.05, 0) is 42.8 Å². The third-order valence-corrected chi connectivity index (χ3v) is 3.96. The zero-order valence-electron chi connectivity index (χ0n) is 21.3. The molecule has 0 atom stereocenters. The van der Waals surface area contributed by atoms with E-state index in [2.05, 4.69) is 0 Å². The van der Waals surface area contributed by atoms with Crippen molar-refractivity contribution >= 4 is 11.9 Å². The van der Waals surface area contributed by atoms with Crippen LogP contribution in [0.1, 0.15) is 34.5 Å². The molecule has 0 saturated heterocycles. The summed E-state index contributed by atoms with van der Waals surface area (Å²) in [5.74, 6) is -4.06. The molecule has 3 aromatic rings. The Morgan fingerprint density at radius 3 is 1.79 bits per heavy atom. The van der Waals surface area contributed by atoms with Crippen LogP contribution in [0.3, 0.4) is 0 Å². The largest absolute Gasteiger partial charge is 0.490 e. The van der Waals surface area contributed by atoms with Crippen LogP contribution in [0.5, 0.6) is 23.0 Å². The third-order valence-electron chi connectivity index (χ3n) is 3.96. The Balaban J connectivity index is 2.15. The van der Waals surface area contributed by atoms with Crippen LogP contribution in [0.15, 0.2) is 66.7 Å². The van der Waals surface area contributed by atoms with Gasteiger partial charge >= 0.3 is 11.9 Å². The molecule has 6 nitrogen and oxygen atoms in total. The Bertz CT molecular complexity index is 1210. The molecule has 0 aromatic heterocycles. The van der Waals surface area contributed by atoms with Gasteiger partial charge in [0.2, 0.25) is 11.5 Å². The highest BCUT2D eigenvalue weighted by atomic mass is 16.6. The molecule has 0 radical (unpaired) electrons. The first-order valence-corrected chi connectivity index (χ1v) is 8.44. The van der Waals surface area contributed by atoms with Gasteiger partial charge in [0.25, 0.3) is 0 Å². The minimum absolute atomic E-state index is 0.113. The summed E-state index contributed by atoms with van der Waals surface area (Å²) >= 11 is 0. The average molecular weight is 398 g/mol. The minimum atomic E-state index is -3.10. The first-order valence-electron chi connectivity index (χ1n) is 11.4. The second-order valence-electron chi connectivity index (χ2n) is 5.89. The highest BCUT2D eigenvalue weighted by Crippen LogP contribution is 2.47. The number of benzene rings is 3. The molecule has 0 bridgehead atoms. The molecule has 0 saturated carbocycles. The first-order chi connectivity index (χ1) is 16.3. The summed E-state index contributed by atoms with van der Waals surface area (Å²) in [5, 5.41) is 0. The van der Waals surface area contributed by atoms with E-state index >= 15 is 0 Å². The highest BCUT2D eigenvalue weighted by Gasteiger charge is 2.24. The first kappa shape index (κ1) is 13.4. The van der Waals surface area contributed by atoms with Crippen LogP contribution in [-0.4, -0.2) is 26.0 Å². The summed E-state index contributed by atoms with van der Waals surface area (Å²) in [6.07, 6.45) is 0. The van der Waals surface area contributed by atoms with E-state index in [1.54, 1.807) is 36.4 Å². The predicted molar refractivity (Wildman–Crippen MR) is 107 cm³/mol. The fourth-order valence-electron chi connectivity index (χ4n) is 2.57. The molecule has 0 aliphatic heterocycles. The Morgan fingerprint density at radius 1 is 0.724 bits per heavy atom. The lowest BCUT2D eigenvalue weighted by molar-refractivity contribution is 0.0709. The van der Waals surface area contributed by atoms with Crippen LogP contribution in [-0.2, 0) is 0 Å². The number of carbonyl (C=O) groups excluding carboxylic acids is 2. The lowest BCUT2D eigenvalue weighted by Crippen LogP contribution is -2.12. The van der Waals surface area contributed by atoms with E-state index in [0.29, 0.717) is 0 Å². The lowest BCUT2D eigenvalue weighted by atomic mass is 10.1. The van der Waals surface area contributed by atoms with Gasteiger partial charge in [-0.3, -0.25) is 0 Å². The molecular formula is C23H20O6. The fraction of sp³-hybridized carbons (Fsp3) is 0.130. The number of aryl methyl sites for hydroxylation is 1. The molecule has 0 aliphatic carbocycles. The van der Waals surface area contributed by atoms with Gasteiger partial charge in [0, 0.05) is 0 Å². The zero-order valence-corrected chi connectivity index (χ0v) is 15.3. The summed E-state index contributed by atoms with van der Waals surface area (Å²) in [6.45, 7) is 1.43. The minimum Gasteiger partial charge on any atom is -0.490 e. The van der Waals surface area contributed by atoms with Gasteiger partial charge in [-0.1, -0.05) is 36.4 Å². The van der Waals surface area contributed by atoms with Crippen LogP contribution >= 0.6 is 0 Å². The molecule has 3 aromatic carbocycles. The van der Waals surface area contributed by atoms with Crippen LogP contribution in [0.4, 0.5) is 0 Å². The SMILES string of the molecule is [2H]C([2H])([2H])Oc1c(OC(=O)c2ccccc2)cc(C)c(OC(=O)c2ccccc2)c1OC([2H])([2H])[2H]. The van der Waals surface area contributed by atoms with Gasteiger partial charge in [0.1, 0.15) is 0 Å². The predicted octanol–water partition coefficient (Wildman–Crippen LogP) is 4.45. The standard InChI is InChI=1S/C23H20O6/c1-15-14-18(28-22(24)16-10-6-4-7-11-16)20(26-2)21(27-3)19(15)29-23(25)17-12-8-5-9-13-17/h4-14H,1-3H3/i2D3,3D3. The van der Waals surface area contributed by atoms with Crippen molar-refractivity contribution in [3.8, 4) is 23.0 Å². The molecule has 0 heterocycles. The Morgan fingerprint density at radius 2 is 1.24 bits per heavy atom. The van der Waals surface area contributed by atoms with Gasteiger partial charge in [-0.25, -0.2) is 9.59 Å². The van der Waals surface area contributed by atoms with E-state index in [-0.39, 0.29) is 16.7 Å². The quantitative estimate of drug-likeness (QED) is 0.451. The Kier molecular flexibility index (Phi) is 4.12. The Hall–Kier alpha value is -3.80. The summed E-state index contributed by atoms with van der Waals surface area (Å²) < 4.78 is 65.8. The highest BCUT2D eigenvalue weighted by molar-refractivity contribution is 5.93. The molecule has 0 unspecified atom stereocenters. The molecule has 148 valence electrons. The van der Waals surface area contributed by atoms with Gasteiger partial charge in [-0.2, -0.15) is 0 Å². The maximum absolute atomic E-state index is 12.7. The van der Waals surface area contributed by atoms with Crippen molar-refractivity contribution in [2.75, 3.05) is 14.1 Å². The molecule has 0 spiro atoms. The maximum Gasteiger partial charge on any atom is 0.343 e. The third kappa shape index (κ3) is 4.38. The second kappa shape index (κ2) is 8.93. The van der Waals surface area contributed by atoms with Crippen molar-refractivity contribution in [2.45, 2.75) is 6.92 Å². The van der Waals surface area contributed by atoms with Crippen molar-refractivity contribution in [1.82, 2.24) is 0 Å². The van der Waals surface area contributed by atoms with Crippen molar-refractivity contribution in [1.29, 1.82) is 0 Å². The number of ether oxygens (including phenoxy) is 4. The fourth-order valence-corrected chi connectivity index (χ4v) is 2.57. The molecule has 0 fully saturated rings. The van der Waals surface area contributed by atoms with Gasteiger partial charge < -0.3 is 18.9 Å². The number of rotatable bonds is 6. The van der Waals surface area contributed by atoms with E-state index in [4.69, 9.17) is 27.2 Å². The normalized spacial score (nSPS) is 14.1. The van der Waals surface area contributed by atoms with E-state index in [1.807, 2.05) is 0 Å². The topological polar surface area (TPSA) is 71.1 Å². The second-order valence-corrected chi connectivity index (χ2v) is 5.89. The smallest absolute Gasteiger partial charge is 0.343 e.